The molecule has 2 aromatic carbocycles. The minimum Gasteiger partial charge on any atom is -0.496 e. The molecule has 6 heteroatoms. The van der Waals surface area contributed by atoms with E-state index in [0.29, 0.717) is 10.6 Å². The fourth-order valence-corrected chi connectivity index (χ4v) is 2.76. The first-order chi connectivity index (χ1) is 9.51. The van der Waals surface area contributed by atoms with Gasteiger partial charge in [0.25, 0.3) is 0 Å². The molecular formula is C14H12BrClN2OS. The normalized spacial score (nSPS) is 10.2. The molecule has 0 unspecified atom stereocenters. The molecule has 104 valence electrons. The Bertz CT molecular complexity index is 664. The van der Waals surface area contributed by atoms with Crippen LogP contribution in [-0.2, 0) is 0 Å². The summed E-state index contributed by atoms with van der Waals surface area (Å²) in [5.74, 6) is 0.775. The number of nitrogens with one attached hydrogen (secondary N) is 1. The highest BCUT2D eigenvalue weighted by atomic mass is 79.9. The molecule has 0 saturated carbocycles. The van der Waals surface area contributed by atoms with E-state index < -0.39 is 0 Å². The number of anilines is 2. The molecule has 3 nitrogen and oxygen atoms in total. The van der Waals surface area contributed by atoms with Crippen LogP contribution in [0, 0.1) is 0 Å². The Balaban J connectivity index is 2.24. The molecule has 0 aromatic heterocycles. The second kappa shape index (κ2) is 6.43. The molecule has 0 spiro atoms. The second-order valence-corrected chi connectivity index (χ2v) is 5.73. The average Bonchev–Trinajstić information content (AvgIpc) is 2.38. The van der Waals surface area contributed by atoms with Crippen LogP contribution in [0.3, 0.4) is 0 Å². The molecule has 0 aliphatic rings. The lowest BCUT2D eigenvalue weighted by atomic mass is 10.2. The van der Waals surface area contributed by atoms with Gasteiger partial charge in [-0.05, 0) is 52.3 Å². The molecular weight excluding hydrogens is 360 g/mol. The van der Waals surface area contributed by atoms with Crippen LogP contribution in [-0.4, -0.2) is 12.1 Å². The Hall–Kier alpha value is -1.30. The van der Waals surface area contributed by atoms with Gasteiger partial charge in [-0.25, -0.2) is 0 Å². The molecule has 0 heterocycles. The molecule has 0 atom stereocenters. The van der Waals surface area contributed by atoms with Gasteiger partial charge in [-0.15, -0.1) is 0 Å². The van der Waals surface area contributed by atoms with Crippen LogP contribution < -0.4 is 15.8 Å². The molecule has 0 radical (unpaired) electrons. The van der Waals surface area contributed by atoms with Crippen molar-refractivity contribution in [3.8, 4) is 5.75 Å². The number of thiocarbonyl (C=S) groups is 1. The topological polar surface area (TPSA) is 47.3 Å². The van der Waals surface area contributed by atoms with Crippen LogP contribution in [0.4, 0.5) is 11.4 Å². The monoisotopic (exact) mass is 370 g/mol. The van der Waals surface area contributed by atoms with E-state index in [1.165, 1.54) is 0 Å². The molecule has 0 bridgehead atoms. The van der Waals surface area contributed by atoms with E-state index in [1.807, 2.05) is 24.3 Å². The standard InChI is InChI=1S/C14H12BrClN2OS/c1-19-13-5-3-8(6-11(13)15)18-9-2-4-10(14(17)20)12(16)7-9/h2-7,18H,1H3,(H2,17,20). The lowest BCUT2D eigenvalue weighted by Gasteiger charge is -2.10. The first kappa shape index (κ1) is 15.1. The Morgan fingerprint density at radius 3 is 2.45 bits per heavy atom. The number of hydrogen-bond acceptors (Lipinski definition) is 3. The Morgan fingerprint density at radius 1 is 1.25 bits per heavy atom. The quantitative estimate of drug-likeness (QED) is 0.777. The van der Waals surface area contributed by atoms with Crippen LogP contribution in [0.5, 0.6) is 5.75 Å². The fourth-order valence-electron chi connectivity index (χ4n) is 1.70. The van der Waals surface area contributed by atoms with Crippen molar-refractivity contribution < 1.29 is 4.74 Å². The van der Waals surface area contributed by atoms with Gasteiger partial charge in [0.1, 0.15) is 10.7 Å². The van der Waals surface area contributed by atoms with Gasteiger partial charge in [-0.2, -0.15) is 0 Å². The van der Waals surface area contributed by atoms with E-state index in [1.54, 1.807) is 19.2 Å². The van der Waals surface area contributed by atoms with Crippen LogP contribution in [0.15, 0.2) is 40.9 Å². The van der Waals surface area contributed by atoms with Crippen LogP contribution in [0.1, 0.15) is 5.56 Å². The van der Waals surface area contributed by atoms with E-state index in [-0.39, 0.29) is 4.99 Å². The van der Waals surface area contributed by atoms with Crippen LogP contribution in [0.25, 0.3) is 0 Å². The van der Waals surface area contributed by atoms with Gasteiger partial charge in [-0.3, -0.25) is 0 Å². The van der Waals surface area contributed by atoms with Gasteiger partial charge < -0.3 is 15.8 Å². The highest BCUT2D eigenvalue weighted by Crippen LogP contribution is 2.30. The molecule has 2 aromatic rings. The zero-order valence-electron chi connectivity index (χ0n) is 10.6. The highest BCUT2D eigenvalue weighted by Gasteiger charge is 2.06. The first-order valence-electron chi connectivity index (χ1n) is 5.71. The summed E-state index contributed by atoms with van der Waals surface area (Å²) in [4.78, 5) is 0.286. The van der Waals surface area contributed by atoms with E-state index >= 15 is 0 Å². The Morgan fingerprint density at radius 2 is 1.90 bits per heavy atom. The molecule has 20 heavy (non-hydrogen) atoms. The molecule has 3 N–H and O–H groups in total. The van der Waals surface area contributed by atoms with Gasteiger partial charge in [0, 0.05) is 16.9 Å². The summed E-state index contributed by atoms with van der Waals surface area (Å²) >= 11 is 14.5. The summed E-state index contributed by atoms with van der Waals surface area (Å²) in [6.07, 6.45) is 0. The smallest absolute Gasteiger partial charge is 0.133 e. The van der Waals surface area contributed by atoms with Crippen molar-refractivity contribution in [2.45, 2.75) is 0 Å². The van der Waals surface area contributed by atoms with E-state index in [0.717, 1.165) is 21.6 Å². The van der Waals surface area contributed by atoms with Crippen molar-refractivity contribution in [1.29, 1.82) is 0 Å². The number of hydrogen-bond donors (Lipinski definition) is 2. The fraction of sp³-hybridized carbons (Fsp3) is 0.0714. The zero-order valence-corrected chi connectivity index (χ0v) is 13.8. The number of rotatable bonds is 4. The summed E-state index contributed by atoms with van der Waals surface area (Å²) in [6, 6.07) is 11.2. The van der Waals surface area contributed by atoms with Crippen molar-refractivity contribution in [3.05, 3.63) is 51.5 Å². The largest absolute Gasteiger partial charge is 0.496 e. The third kappa shape index (κ3) is 3.42. The Labute approximate surface area is 136 Å². The molecule has 0 aliphatic carbocycles. The van der Waals surface area contributed by atoms with Crippen molar-refractivity contribution >= 4 is 56.1 Å². The lowest BCUT2D eigenvalue weighted by molar-refractivity contribution is 0.412. The Kier molecular flexibility index (Phi) is 4.86. The van der Waals surface area contributed by atoms with E-state index in [9.17, 15) is 0 Å². The summed E-state index contributed by atoms with van der Waals surface area (Å²) in [5.41, 5.74) is 8.01. The minimum absolute atomic E-state index is 0.286. The van der Waals surface area contributed by atoms with Crippen molar-refractivity contribution in [2.75, 3.05) is 12.4 Å². The van der Waals surface area contributed by atoms with Crippen molar-refractivity contribution in [2.24, 2.45) is 5.73 Å². The first-order valence-corrected chi connectivity index (χ1v) is 7.29. The van der Waals surface area contributed by atoms with Gasteiger partial charge >= 0.3 is 0 Å². The third-order valence-electron chi connectivity index (χ3n) is 2.68. The lowest BCUT2D eigenvalue weighted by Crippen LogP contribution is -2.09. The van der Waals surface area contributed by atoms with Gasteiger partial charge in [0.2, 0.25) is 0 Å². The number of methoxy groups -OCH3 is 1. The van der Waals surface area contributed by atoms with Crippen LogP contribution in [0.2, 0.25) is 5.02 Å². The number of ether oxygens (including phenoxy) is 1. The van der Waals surface area contributed by atoms with Gasteiger partial charge in [-0.1, -0.05) is 23.8 Å². The third-order valence-corrected chi connectivity index (χ3v) is 3.83. The average molecular weight is 372 g/mol. The van der Waals surface area contributed by atoms with Crippen molar-refractivity contribution in [1.82, 2.24) is 0 Å². The van der Waals surface area contributed by atoms with Gasteiger partial charge in [0.15, 0.2) is 0 Å². The maximum atomic E-state index is 6.13. The maximum absolute atomic E-state index is 6.13. The number of benzene rings is 2. The maximum Gasteiger partial charge on any atom is 0.133 e. The zero-order chi connectivity index (χ0) is 14.7. The predicted molar refractivity (Wildman–Crippen MR) is 91.3 cm³/mol. The van der Waals surface area contributed by atoms with Gasteiger partial charge in [0.05, 0.1) is 16.6 Å². The number of nitrogens with two attached hydrogens (primary N) is 1. The predicted octanol–water partition coefficient (Wildman–Crippen LogP) is 4.49. The summed E-state index contributed by atoms with van der Waals surface area (Å²) < 4.78 is 6.06. The van der Waals surface area contributed by atoms with E-state index in [2.05, 4.69) is 21.2 Å². The summed E-state index contributed by atoms with van der Waals surface area (Å²) in [7, 11) is 1.63. The second-order valence-electron chi connectivity index (χ2n) is 4.03. The molecule has 0 saturated heterocycles. The summed E-state index contributed by atoms with van der Waals surface area (Å²) in [5, 5.41) is 3.77. The molecule has 2 rings (SSSR count). The molecule has 0 amide bonds. The SMILES string of the molecule is COc1ccc(Nc2ccc(C(N)=S)c(Cl)c2)cc1Br. The van der Waals surface area contributed by atoms with Crippen molar-refractivity contribution in [3.63, 3.8) is 0 Å². The number of halogens is 2. The summed E-state index contributed by atoms with van der Waals surface area (Å²) in [6.45, 7) is 0. The van der Waals surface area contributed by atoms with E-state index in [4.69, 9.17) is 34.3 Å². The molecule has 0 aliphatic heterocycles. The van der Waals surface area contributed by atoms with Crippen LogP contribution >= 0.6 is 39.7 Å². The minimum atomic E-state index is 0.286. The highest BCUT2D eigenvalue weighted by molar-refractivity contribution is 9.10. The molecule has 0 fully saturated rings.